The van der Waals surface area contributed by atoms with Crippen molar-refractivity contribution in [1.29, 1.82) is 0 Å². The smallest absolute Gasteiger partial charge is 0.0664 e. The van der Waals surface area contributed by atoms with Crippen LogP contribution in [0.15, 0.2) is 0 Å². The van der Waals surface area contributed by atoms with Crippen LogP contribution in [0.4, 0.5) is 0 Å². The molecule has 0 aliphatic carbocycles. The number of aliphatic hydroxyl groups is 1. The lowest BCUT2D eigenvalue weighted by Gasteiger charge is -2.34. The highest BCUT2D eigenvalue weighted by molar-refractivity contribution is 4.79. The normalized spacial score (nSPS) is 28.5. The lowest BCUT2D eigenvalue weighted by Crippen LogP contribution is -2.44. The van der Waals surface area contributed by atoms with Crippen LogP contribution in [0.3, 0.4) is 0 Å². The third-order valence-corrected chi connectivity index (χ3v) is 3.46. The molecule has 3 atom stereocenters. The molecule has 0 aromatic rings. The van der Waals surface area contributed by atoms with Crippen molar-refractivity contribution in [2.75, 3.05) is 20.1 Å². The zero-order chi connectivity index (χ0) is 10.6. The molecule has 1 heterocycles. The highest BCUT2D eigenvalue weighted by Crippen LogP contribution is 2.15. The summed E-state index contributed by atoms with van der Waals surface area (Å²) in [5, 5.41) is 12.9. The van der Waals surface area contributed by atoms with Crippen molar-refractivity contribution in [2.45, 2.75) is 51.3 Å². The fraction of sp³-hybridized carbons (Fsp3) is 1.00. The molecule has 0 aromatic heterocycles. The van der Waals surface area contributed by atoms with Crippen molar-refractivity contribution in [3.63, 3.8) is 0 Å². The molecule has 84 valence electrons. The predicted molar refractivity (Wildman–Crippen MR) is 59.4 cm³/mol. The van der Waals surface area contributed by atoms with Gasteiger partial charge in [-0.1, -0.05) is 0 Å². The summed E-state index contributed by atoms with van der Waals surface area (Å²) in [6.45, 7) is 6.23. The molecule has 3 unspecified atom stereocenters. The van der Waals surface area contributed by atoms with Crippen LogP contribution >= 0.6 is 0 Å². The summed E-state index contributed by atoms with van der Waals surface area (Å²) < 4.78 is 0. The van der Waals surface area contributed by atoms with Gasteiger partial charge in [0, 0.05) is 12.1 Å². The average molecular weight is 200 g/mol. The van der Waals surface area contributed by atoms with E-state index in [4.69, 9.17) is 0 Å². The van der Waals surface area contributed by atoms with Gasteiger partial charge in [-0.25, -0.2) is 0 Å². The Kier molecular flexibility index (Phi) is 4.85. The van der Waals surface area contributed by atoms with E-state index in [1.165, 1.54) is 19.3 Å². The maximum atomic E-state index is 9.53. The second kappa shape index (κ2) is 5.69. The van der Waals surface area contributed by atoms with E-state index in [-0.39, 0.29) is 12.1 Å². The molecule has 3 heteroatoms. The number of nitrogens with one attached hydrogen (secondary N) is 1. The molecule has 1 saturated heterocycles. The molecule has 0 aromatic carbocycles. The zero-order valence-corrected chi connectivity index (χ0v) is 9.66. The van der Waals surface area contributed by atoms with Crippen LogP contribution in [-0.4, -0.2) is 48.3 Å². The first kappa shape index (κ1) is 12.0. The predicted octanol–water partition coefficient (Wildman–Crippen LogP) is 0.830. The molecule has 0 radical (unpaired) electrons. The summed E-state index contributed by atoms with van der Waals surface area (Å²) in [5.74, 6) is 0. The number of rotatable bonds is 3. The Morgan fingerprint density at radius 2 is 2.00 bits per heavy atom. The lowest BCUT2D eigenvalue weighted by molar-refractivity contribution is 0.0576. The molecular formula is C11H24N2O. The molecule has 0 saturated carbocycles. The third-order valence-electron chi connectivity index (χ3n) is 3.46. The fourth-order valence-corrected chi connectivity index (χ4v) is 2.08. The minimum Gasteiger partial charge on any atom is -0.392 e. The first-order chi connectivity index (χ1) is 6.63. The van der Waals surface area contributed by atoms with Crippen LogP contribution in [-0.2, 0) is 0 Å². The van der Waals surface area contributed by atoms with Crippen LogP contribution in [0, 0.1) is 0 Å². The average Bonchev–Trinajstić information content (AvgIpc) is 2.43. The highest BCUT2D eigenvalue weighted by Gasteiger charge is 2.23. The van der Waals surface area contributed by atoms with Gasteiger partial charge in [0.1, 0.15) is 0 Å². The number of hydrogen-bond acceptors (Lipinski definition) is 3. The number of aliphatic hydroxyl groups excluding tert-OH is 1. The van der Waals surface area contributed by atoms with E-state index in [0.29, 0.717) is 6.04 Å². The van der Waals surface area contributed by atoms with Gasteiger partial charge in [0.15, 0.2) is 0 Å². The summed E-state index contributed by atoms with van der Waals surface area (Å²) in [4.78, 5) is 2.33. The van der Waals surface area contributed by atoms with E-state index < -0.39 is 0 Å². The lowest BCUT2D eigenvalue weighted by atomic mass is 10.0. The SMILES string of the molecule is CC(O)C(C)N(C)C1CCCNCC1. The van der Waals surface area contributed by atoms with Gasteiger partial charge < -0.3 is 10.4 Å². The van der Waals surface area contributed by atoms with Crippen LogP contribution in [0.25, 0.3) is 0 Å². The maximum Gasteiger partial charge on any atom is 0.0664 e. The Labute approximate surface area is 87.5 Å². The van der Waals surface area contributed by atoms with Crippen molar-refractivity contribution in [3.8, 4) is 0 Å². The summed E-state index contributed by atoms with van der Waals surface area (Å²) in [6.07, 6.45) is 3.46. The first-order valence-electron chi connectivity index (χ1n) is 5.73. The topological polar surface area (TPSA) is 35.5 Å². The summed E-state index contributed by atoms with van der Waals surface area (Å²) in [7, 11) is 2.13. The maximum absolute atomic E-state index is 9.53. The fourth-order valence-electron chi connectivity index (χ4n) is 2.08. The van der Waals surface area contributed by atoms with Crippen LogP contribution in [0.2, 0.25) is 0 Å². The van der Waals surface area contributed by atoms with Gasteiger partial charge in [0.25, 0.3) is 0 Å². The first-order valence-corrected chi connectivity index (χ1v) is 5.73. The molecule has 2 N–H and O–H groups in total. The molecule has 1 rings (SSSR count). The van der Waals surface area contributed by atoms with Crippen molar-refractivity contribution >= 4 is 0 Å². The molecule has 0 bridgehead atoms. The van der Waals surface area contributed by atoms with Gasteiger partial charge in [0.2, 0.25) is 0 Å². The van der Waals surface area contributed by atoms with Crippen molar-refractivity contribution in [3.05, 3.63) is 0 Å². The summed E-state index contributed by atoms with van der Waals surface area (Å²) in [5.41, 5.74) is 0. The third kappa shape index (κ3) is 3.23. The summed E-state index contributed by atoms with van der Waals surface area (Å²) >= 11 is 0. The minimum atomic E-state index is -0.240. The summed E-state index contributed by atoms with van der Waals surface area (Å²) in [6, 6.07) is 0.896. The monoisotopic (exact) mass is 200 g/mol. The molecule has 1 aliphatic rings. The number of nitrogens with zero attached hydrogens (tertiary/aromatic N) is 1. The van der Waals surface area contributed by atoms with E-state index >= 15 is 0 Å². The highest BCUT2D eigenvalue weighted by atomic mass is 16.3. The van der Waals surface area contributed by atoms with Gasteiger partial charge >= 0.3 is 0 Å². The van der Waals surface area contributed by atoms with Gasteiger partial charge in [-0.05, 0) is 53.2 Å². The quantitative estimate of drug-likeness (QED) is 0.708. The van der Waals surface area contributed by atoms with Crippen molar-refractivity contribution in [2.24, 2.45) is 0 Å². The molecule has 14 heavy (non-hydrogen) atoms. The molecule has 1 aliphatic heterocycles. The van der Waals surface area contributed by atoms with Crippen molar-refractivity contribution in [1.82, 2.24) is 10.2 Å². The Morgan fingerprint density at radius 1 is 1.29 bits per heavy atom. The number of hydrogen-bond donors (Lipinski definition) is 2. The van der Waals surface area contributed by atoms with Gasteiger partial charge in [-0.2, -0.15) is 0 Å². The Bertz CT molecular complexity index is 153. The van der Waals surface area contributed by atoms with E-state index in [1.807, 2.05) is 6.92 Å². The van der Waals surface area contributed by atoms with E-state index in [2.05, 4.69) is 24.2 Å². The Morgan fingerprint density at radius 3 is 2.64 bits per heavy atom. The van der Waals surface area contributed by atoms with E-state index in [1.54, 1.807) is 0 Å². The molecule has 3 nitrogen and oxygen atoms in total. The number of likely N-dealkylation sites (N-methyl/N-ethyl adjacent to an activating group) is 1. The second-order valence-corrected chi connectivity index (χ2v) is 4.48. The Balaban J connectivity index is 2.44. The van der Waals surface area contributed by atoms with Crippen molar-refractivity contribution < 1.29 is 5.11 Å². The van der Waals surface area contributed by atoms with Crippen LogP contribution < -0.4 is 5.32 Å². The molecule has 0 spiro atoms. The largest absolute Gasteiger partial charge is 0.392 e. The van der Waals surface area contributed by atoms with Gasteiger partial charge in [-0.3, -0.25) is 4.90 Å². The van der Waals surface area contributed by atoms with E-state index in [0.717, 1.165) is 13.1 Å². The Hall–Kier alpha value is -0.120. The van der Waals surface area contributed by atoms with Gasteiger partial charge in [-0.15, -0.1) is 0 Å². The molecular weight excluding hydrogens is 176 g/mol. The van der Waals surface area contributed by atoms with Gasteiger partial charge in [0.05, 0.1) is 6.10 Å². The van der Waals surface area contributed by atoms with E-state index in [9.17, 15) is 5.11 Å². The zero-order valence-electron chi connectivity index (χ0n) is 9.66. The standard InChI is InChI=1S/C11H24N2O/c1-9(10(2)14)13(3)11-5-4-7-12-8-6-11/h9-12,14H,4-8H2,1-3H3. The van der Waals surface area contributed by atoms with Crippen LogP contribution in [0.5, 0.6) is 0 Å². The molecule has 1 fully saturated rings. The minimum absolute atomic E-state index is 0.240. The van der Waals surface area contributed by atoms with Crippen LogP contribution in [0.1, 0.15) is 33.1 Å². The molecule has 0 amide bonds. The second-order valence-electron chi connectivity index (χ2n) is 4.48.